The minimum Gasteiger partial charge on any atom is -0.326 e. The maximum absolute atomic E-state index is 12.2. The molecule has 0 saturated carbocycles. The number of benzene rings is 2. The van der Waals surface area contributed by atoms with E-state index in [-0.39, 0.29) is 18.2 Å². The number of rotatable bonds is 5. The molecule has 2 aromatic rings. The van der Waals surface area contributed by atoms with E-state index in [9.17, 15) is 9.59 Å². The third-order valence-corrected chi connectivity index (χ3v) is 4.59. The third-order valence-electron chi connectivity index (χ3n) is 3.86. The van der Waals surface area contributed by atoms with E-state index in [2.05, 4.69) is 5.32 Å². The maximum atomic E-state index is 12.2. The summed E-state index contributed by atoms with van der Waals surface area (Å²) in [5.41, 5.74) is 3.43. The Labute approximate surface area is 157 Å². The number of nitrogens with zero attached hydrogens (tertiary/aromatic N) is 1. The first-order valence-electron chi connectivity index (χ1n) is 7.89. The molecule has 0 aromatic heterocycles. The summed E-state index contributed by atoms with van der Waals surface area (Å²) in [5, 5.41) is 3.57. The van der Waals surface area contributed by atoms with Gasteiger partial charge in [-0.2, -0.15) is 0 Å². The normalized spacial score (nSPS) is 10.4. The first-order chi connectivity index (χ1) is 11.8. The molecular weight excluding hydrogens is 359 g/mol. The van der Waals surface area contributed by atoms with Gasteiger partial charge in [0.2, 0.25) is 11.8 Å². The molecule has 132 valence electrons. The summed E-state index contributed by atoms with van der Waals surface area (Å²) < 4.78 is 0. The lowest BCUT2D eigenvalue weighted by Crippen LogP contribution is -2.33. The van der Waals surface area contributed by atoms with Gasteiger partial charge in [-0.3, -0.25) is 9.59 Å². The van der Waals surface area contributed by atoms with Gasteiger partial charge in [0.25, 0.3) is 0 Å². The van der Waals surface area contributed by atoms with Crippen LogP contribution < -0.4 is 10.2 Å². The topological polar surface area (TPSA) is 49.4 Å². The van der Waals surface area contributed by atoms with Crippen LogP contribution in [0.5, 0.6) is 0 Å². The van der Waals surface area contributed by atoms with Crippen molar-refractivity contribution in [2.75, 3.05) is 16.8 Å². The number of carbonyl (C=O) groups excluding carboxylic acids is 2. The van der Waals surface area contributed by atoms with Crippen LogP contribution in [0.15, 0.2) is 36.4 Å². The van der Waals surface area contributed by atoms with Crippen LogP contribution in [-0.2, 0) is 9.59 Å². The van der Waals surface area contributed by atoms with E-state index >= 15 is 0 Å². The minimum absolute atomic E-state index is 0.0975. The third kappa shape index (κ3) is 4.97. The zero-order valence-corrected chi connectivity index (χ0v) is 15.9. The highest BCUT2D eigenvalue weighted by Gasteiger charge is 2.17. The van der Waals surface area contributed by atoms with E-state index in [4.69, 9.17) is 23.2 Å². The van der Waals surface area contributed by atoms with E-state index in [0.717, 1.165) is 16.8 Å². The Hall–Kier alpha value is -2.04. The van der Waals surface area contributed by atoms with Crippen LogP contribution in [0.3, 0.4) is 0 Å². The van der Waals surface area contributed by atoms with Crippen molar-refractivity contribution in [2.45, 2.75) is 27.2 Å². The van der Waals surface area contributed by atoms with Gasteiger partial charge in [0, 0.05) is 31.3 Å². The number of para-hydroxylation sites is 1. The highest BCUT2D eigenvalue weighted by atomic mass is 35.5. The molecule has 0 heterocycles. The highest BCUT2D eigenvalue weighted by molar-refractivity contribution is 6.42. The predicted octanol–water partition coefficient (Wildman–Crippen LogP) is 4.99. The molecule has 2 rings (SSSR count). The molecule has 0 fully saturated rings. The lowest BCUT2D eigenvalue weighted by molar-refractivity contribution is -0.117. The number of aryl methyl sites for hydroxylation is 2. The Kier molecular flexibility index (Phi) is 6.45. The number of anilines is 2. The second-order valence-electron chi connectivity index (χ2n) is 5.84. The van der Waals surface area contributed by atoms with Crippen LogP contribution in [0.4, 0.5) is 11.4 Å². The van der Waals surface area contributed by atoms with Crippen molar-refractivity contribution in [3.8, 4) is 0 Å². The van der Waals surface area contributed by atoms with Gasteiger partial charge in [0.05, 0.1) is 10.0 Å². The number of nitrogens with one attached hydrogen (secondary N) is 1. The monoisotopic (exact) mass is 378 g/mol. The Morgan fingerprint density at radius 2 is 1.68 bits per heavy atom. The molecule has 0 unspecified atom stereocenters. The van der Waals surface area contributed by atoms with Crippen LogP contribution in [0, 0.1) is 13.8 Å². The van der Waals surface area contributed by atoms with Gasteiger partial charge in [-0.25, -0.2) is 0 Å². The zero-order valence-electron chi connectivity index (χ0n) is 14.4. The van der Waals surface area contributed by atoms with Gasteiger partial charge < -0.3 is 10.2 Å². The molecule has 0 bridgehead atoms. The fraction of sp³-hybridized carbons (Fsp3) is 0.263. The molecule has 0 aliphatic rings. The molecule has 0 saturated heterocycles. The summed E-state index contributed by atoms with van der Waals surface area (Å²) >= 11 is 11.8. The molecule has 2 amide bonds. The molecule has 0 aliphatic heterocycles. The molecule has 4 nitrogen and oxygen atoms in total. The average molecular weight is 379 g/mol. The number of halogens is 2. The number of hydrogen-bond donors (Lipinski definition) is 1. The van der Waals surface area contributed by atoms with Gasteiger partial charge in [-0.05, 0) is 43.2 Å². The van der Waals surface area contributed by atoms with Crippen molar-refractivity contribution in [1.29, 1.82) is 0 Å². The van der Waals surface area contributed by atoms with Crippen molar-refractivity contribution in [1.82, 2.24) is 0 Å². The second-order valence-corrected chi connectivity index (χ2v) is 6.65. The van der Waals surface area contributed by atoms with Crippen molar-refractivity contribution >= 4 is 46.4 Å². The Balaban J connectivity index is 2.07. The molecule has 6 heteroatoms. The molecular formula is C19H20Cl2N2O2. The highest BCUT2D eigenvalue weighted by Crippen LogP contribution is 2.26. The van der Waals surface area contributed by atoms with Gasteiger partial charge in [0.1, 0.15) is 0 Å². The van der Waals surface area contributed by atoms with Crippen LogP contribution in [0.2, 0.25) is 10.0 Å². The van der Waals surface area contributed by atoms with E-state index in [1.165, 1.54) is 6.92 Å². The second kappa shape index (κ2) is 8.37. The number of carbonyl (C=O) groups is 2. The van der Waals surface area contributed by atoms with Crippen molar-refractivity contribution in [3.63, 3.8) is 0 Å². The van der Waals surface area contributed by atoms with Gasteiger partial charge >= 0.3 is 0 Å². The van der Waals surface area contributed by atoms with Crippen molar-refractivity contribution < 1.29 is 9.59 Å². The maximum Gasteiger partial charge on any atom is 0.226 e. The number of amides is 2. The molecule has 25 heavy (non-hydrogen) atoms. The molecule has 0 spiro atoms. The summed E-state index contributed by atoms with van der Waals surface area (Å²) in [6, 6.07) is 10.8. The predicted molar refractivity (Wildman–Crippen MR) is 104 cm³/mol. The van der Waals surface area contributed by atoms with E-state index in [1.807, 2.05) is 32.0 Å². The lowest BCUT2D eigenvalue weighted by atomic mass is 10.1. The lowest BCUT2D eigenvalue weighted by Gasteiger charge is -2.25. The summed E-state index contributed by atoms with van der Waals surface area (Å²) in [6.07, 6.45) is 0.174. The van der Waals surface area contributed by atoms with Crippen molar-refractivity contribution in [3.05, 3.63) is 57.6 Å². The number of hydrogen-bond acceptors (Lipinski definition) is 2. The van der Waals surface area contributed by atoms with Crippen LogP contribution in [0.25, 0.3) is 0 Å². The van der Waals surface area contributed by atoms with Crippen LogP contribution in [0.1, 0.15) is 24.5 Å². The fourth-order valence-electron chi connectivity index (χ4n) is 2.67. The smallest absolute Gasteiger partial charge is 0.226 e. The van der Waals surface area contributed by atoms with E-state index in [1.54, 1.807) is 23.1 Å². The SMILES string of the molecule is CC(=O)N(CCC(=O)Nc1ccc(Cl)c(Cl)c1)c1c(C)cccc1C. The zero-order chi connectivity index (χ0) is 18.6. The van der Waals surface area contributed by atoms with E-state index < -0.39 is 0 Å². The quantitative estimate of drug-likeness (QED) is 0.796. The molecule has 2 aromatic carbocycles. The average Bonchev–Trinajstić information content (AvgIpc) is 2.53. The largest absolute Gasteiger partial charge is 0.326 e. The first kappa shape index (κ1) is 19.3. The Bertz CT molecular complexity index is 786. The fourth-order valence-corrected chi connectivity index (χ4v) is 2.97. The van der Waals surface area contributed by atoms with Gasteiger partial charge in [-0.15, -0.1) is 0 Å². The summed E-state index contributed by atoms with van der Waals surface area (Å²) in [5.74, 6) is -0.296. The Morgan fingerprint density at radius 3 is 2.24 bits per heavy atom. The molecule has 0 radical (unpaired) electrons. The van der Waals surface area contributed by atoms with Crippen LogP contribution >= 0.6 is 23.2 Å². The summed E-state index contributed by atoms with van der Waals surface area (Å²) in [4.78, 5) is 25.9. The van der Waals surface area contributed by atoms with Gasteiger partial charge in [0.15, 0.2) is 0 Å². The van der Waals surface area contributed by atoms with Crippen LogP contribution in [-0.4, -0.2) is 18.4 Å². The minimum atomic E-state index is -0.198. The van der Waals surface area contributed by atoms with E-state index in [0.29, 0.717) is 22.3 Å². The molecule has 0 atom stereocenters. The summed E-state index contributed by atoms with van der Waals surface area (Å²) in [6.45, 7) is 5.71. The standard InChI is InChI=1S/C19H20Cl2N2O2/c1-12-5-4-6-13(2)19(12)23(14(3)24)10-9-18(25)22-15-7-8-16(20)17(21)11-15/h4-8,11H,9-10H2,1-3H3,(H,22,25). The Morgan fingerprint density at radius 1 is 1.04 bits per heavy atom. The molecule has 1 N–H and O–H groups in total. The van der Waals surface area contributed by atoms with Gasteiger partial charge in [-0.1, -0.05) is 41.4 Å². The summed E-state index contributed by atoms with van der Waals surface area (Å²) in [7, 11) is 0. The molecule has 0 aliphatic carbocycles. The van der Waals surface area contributed by atoms with Crippen molar-refractivity contribution in [2.24, 2.45) is 0 Å². The first-order valence-corrected chi connectivity index (χ1v) is 8.64.